The van der Waals surface area contributed by atoms with Crippen LogP contribution in [0.2, 0.25) is 0 Å². The fourth-order valence-electron chi connectivity index (χ4n) is 3.57. The van der Waals surface area contributed by atoms with E-state index in [1.165, 1.54) is 6.07 Å². The number of carbonyl (C=O) groups is 1. The summed E-state index contributed by atoms with van der Waals surface area (Å²) in [4.78, 5) is 14.4. The van der Waals surface area contributed by atoms with Gasteiger partial charge in [0.2, 0.25) is 0 Å². The van der Waals surface area contributed by atoms with E-state index in [1.54, 1.807) is 0 Å². The SMILES string of the molecule is CCC1C2CNCC2CN1C(=O)c1ccc(F)c(F)c1. The molecule has 1 aromatic carbocycles. The highest BCUT2D eigenvalue weighted by atomic mass is 19.2. The van der Waals surface area contributed by atoms with Gasteiger partial charge in [0.15, 0.2) is 11.6 Å². The maximum atomic E-state index is 13.3. The third-order valence-corrected chi connectivity index (χ3v) is 4.56. The number of likely N-dealkylation sites (tertiary alicyclic amines) is 1. The molecule has 3 atom stereocenters. The molecule has 1 N–H and O–H groups in total. The second kappa shape index (κ2) is 5.13. The first-order valence-corrected chi connectivity index (χ1v) is 7.08. The van der Waals surface area contributed by atoms with Crippen molar-refractivity contribution in [2.45, 2.75) is 19.4 Å². The second-order valence-electron chi connectivity index (χ2n) is 5.64. The standard InChI is InChI=1S/C15H18F2N2O/c1-2-14-11-7-18-6-10(11)8-19(14)15(20)9-3-4-12(16)13(17)5-9/h3-5,10-11,14,18H,2,6-8H2,1H3. The molecule has 5 heteroatoms. The molecular formula is C15H18F2N2O. The van der Waals surface area contributed by atoms with Gasteiger partial charge in [-0.2, -0.15) is 0 Å². The Kier molecular flexibility index (Phi) is 3.46. The number of fused-ring (bicyclic) bond motifs is 1. The van der Waals surface area contributed by atoms with Crippen molar-refractivity contribution in [3.8, 4) is 0 Å². The summed E-state index contributed by atoms with van der Waals surface area (Å²) in [6.07, 6.45) is 0.887. The molecule has 3 unspecified atom stereocenters. The first-order valence-electron chi connectivity index (χ1n) is 7.08. The van der Waals surface area contributed by atoms with Crippen LogP contribution in [0, 0.1) is 23.5 Å². The predicted octanol–water partition coefficient (Wildman–Crippen LogP) is 2.03. The molecule has 2 aliphatic rings. The largest absolute Gasteiger partial charge is 0.335 e. The summed E-state index contributed by atoms with van der Waals surface area (Å²) in [7, 11) is 0. The molecule has 2 saturated heterocycles. The lowest BCUT2D eigenvalue weighted by molar-refractivity contribution is 0.0711. The number of benzene rings is 1. The Hall–Kier alpha value is -1.49. The average Bonchev–Trinajstić information content (AvgIpc) is 3.01. The van der Waals surface area contributed by atoms with Crippen LogP contribution in [-0.4, -0.2) is 36.5 Å². The first kappa shape index (κ1) is 13.5. The maximum absolute atomic E-state index is 13.3. The molecule has 3 rings (SSSR count). The first-order chi connectivity index (χ1) is 9.61. The Balaban J connectivity index is 1.84. The van der Waals surface area contributed by atoms with Crippen molar-refractivity contribution in [3.63, 3.8) is 0 Å². The maximum Gasteiger partial charge on any atom is 0.254 e. The van der Waals surface area contributed by atoms with Crippen molar-refractivity contribution in [3.05, 3.63) is 35.4 Å². The fraction of sp³-hybridized carbons (Fsp3) is 0.533. The molecule has 1 aromatic rings. The summed E-state index contributed by atoms with van der Waals surface area (Å²) in [5.41, 5.74) is 0.232. The van der Waals surface area contributed by atoms with Crippen LogP contribution in [0.25, 0.3) is 0 Å². The zero-order valence-electron chi connectivity index (χ0n) is 11.4. The van der Waals surface area contributed by atoms with Gasteiger partial charge in [0.05, 0.1) is 0 Å². The Morgan fingerprint density at radius 1 is 1.35 bits per heavy atom. The molecule has 20 heavy (non-hydrogen) atoms. The van der Waals surface area contributed by atoms with E-state index >= 15 is 0 Å². The predicted molar refractivity (Wildman–Crippen MR) is 71.3 cm³/mol. The Bertz CT molecular complexity index is 535. The van der Waals surface area contributed by atoms with Gasteiger partial charge in [-0.15, -0.1) is 0 Å². The molecule has 1 amide bonds. The number of amides is 1. The van der Waals surface area contributed by atoms with Gasteiger partial charge in [-0.3, -0.25) is 4.79 Å². The zero-order chi connectivity index (χ0) is 14.3. The third-order valence-electron chi connectivity index (χ3n) is 4.56. The number of hydrogen-bond donors (Lipinski definition) is 1. The topological polar surface area (TPSA) is 32.3 Å². The molecule has 2 fully saturated rings. The molecule has 3 nitrogen and oxygen atoms in total. The van der Waals surface area contributed by atoms with Gasteiger partial charge >= 0.3 is 0 Å². The molecule has 2 aliphatic heterocycles. The summed E-state index contributed by atoms with van der Waals surface area (Å²) in [6, 6.07) is 3.56. The number of rotatable bonds is 2. The molecule has 108 valence electrons. The lowest BCUT2D eigenvalue weighted by atomic mass is 9.93. The van der Waals surface area contributed by atoms with Crippen LogP contribution in [0.1, 0.15) is 23.7 Å². The van der Waals surface area contributed by atoms with Gasteiger partial charge in [-0.05, 0) is 36.5 Å². The lowest BCUT2D eigenvalue weighted by Crippen LogP contribution is -2.39. The van der Waals surface area contributed by atoms with Crippen LogP contribution in [-0.2, 0) is 0 Å². The third kappa shape index (κ3) is 2.10. The minimum absolute atomic E-state index is 0.190. The number of carbonyl (C=O) groups excluding carboxylic acids is 1. The van der Waals surface area contributed by atoms with Gasteiger partial charge < -0.3 is 10.2 Å². The second-order valence-corrected chi connectivity index (χ2v) is 5.64. The van der Waals surface area contributed by atoms with E-state index in [0.717, 1.165) is 31.6 Å². The van der Waals surface area contributed by atoms with Gasteiger partial charge in [0.1, 0.15) is 0 Å². The molecule has 0 aliphatic carbocycles. The van der Waals surface area contributed by atoms with Gasteiger partial charge in [0.25, 0.3) is 5.91 Å². The highest BCUT2D eigenvalue weighted by Gasteiger charge is 2.45. The van der Waals surface area contributed by atoms with E-state index in [4.69, 9.17) is 0 Å². The molecule has 2 heterocycles. The summed E-state index contributed by atoms with van der Waals surface area (Å²) in [5, 5.41) is 3.36. The Labute approximate surface area is 117 Å². The summed E-state index contributed by atoms with van der Waals surface area (Å²) >= 11 is 0. The van der Waals surface area contributed by atoms with Crippen LogP contribution in [0.15, 0.2) is 18.2 Å². The van der Waals surface area contributed by atoms with Crippen LogP contribution >= 0.6 is 0 Å². The van der Waals surface area contributed by atoms with Crippen LogP contribution in [0.4, 0.5) is 8.78 Å². The number of hydrogen-bond acceptors (Lipinski definition) is 2. The van der Waals surface area contributed by atoms with E-state index in [-0.39, 0.29) is 17.5 Å². The van der Waals surface area contributed by atoms with Crippen LogP contribution < -0.4 is 5.32 Å². The minimum Gasteiger partial charge on any atom is -0.335 e. The minimum atomic E-state index is -0.968. The summed E-state index contributed by atoms with van der Waals surface area (Å²) in [5.74, 6) is -1.12. The smallest absolute Gasteiger partial charge is 0.254 e. The quantitative estimate of drug-likeness (QED) is 0.899. The Morgan fingerprint density at radius 2 is 2.15 bits per heavy atom. The highest BCUT2D eigenvalue weighted by Crippen LogP contribution is 2.35. The van der Waals surface area contributed by atoms with Crippen molar-refractivity contribution in [1.82, 2.24) is 10.2 Å². The van der Waals surface area contributed by atoms with Gasteiger partial charge in [-0.25, -0.2) is 8.78 Å². The monoisotopic (exact) mass is 280 g/mol. The number of nitrogens with zero attached hydrogens (tertiary/aromatic N) is 1. The fourth-order valence-corrected chi connectivity index (χ4v) is 3.57. The van der Waals surface area contributed by atoms with E-state index in [9.17, 15) is 13.6 Å². The Morgan fingerprint density at radius 3 is 2.85 bits per heavy atom. The molecule has 0 radical (unpaired) electrons. The van der Waals surface area contributed by atoms with E-state index in [1.807, 2.05) is 4.90 Å². The van der Waals surface area contributed by atoms with Crippen molar-refractivity contribution in [1.29, 1.82) is 0 Å². The normalized spacial score (nSPS) is 28.8. The average molecular weight is 280 g/mol. The van der Waals surface area contributed by atoms with Crippen molar-refractivity contribution < 1.29 is 13.6 Å². The summed E-state index contributed by atoms with van der Waals surface area (Å²) in [6.45, 7) is 4.64. The molecule has 0 bridgehead atoms. The van der Waals surface area contributed by atoms with Crippen molar-refractivity contribution in [2.24, 2.45) is 11.8 Å². The van der Waals surface area contributed by atoms with Gasteiger partial charge in [0, 0.05) is 31.2 Å². The van der Waals surface area contributed by atoms with E-state index in [0.29, 0.717) is 18.4 Å². The number of halogens is 2. The highest BCUT2D eigenvalue weighted by molar-refractivity contribution is 5.94. The molecular weight excluding hydrogens is 262 g/mol. The number of nitrogens with one attached hydrogen (secondary N) is 1. The van der Waals surface area contributed by atoms with Crippen molar-refractivity contribution >= 4 is 5.91 Å². The molecule has 0 spiro atoms. The van der Waals surface area contributed by atoms with E-state index < -0.39 is 11.6 Å². The van der Waals surface area contributed by atoms with Gasteiger partial charge in [-0.1, -0.05) is 6.92 Å². The summed E-state index contributed by atoms with van der Waals surface area (Å²) < 4.78 is 26.2. The van der Waals surface area contributed by atoms with Crippen LogP contribution in [0.5, 0.6) is 0 Å². The van der Waals surface area contributed by atoms with E-state index in [2.05, 4.69) is 12.2 Å². The van der Waals surface area contributed by atoms with Crippen molar-refractivity contribution in [2.75, 3.05) is 19.6 Å². The molecule has 0 saturated carbocycles. The van der Waals surface area contributed by atoms with Crippen LogP contribution in [0.3, 0.4) is 0 Å². The lowest BCUT2D eigenvalue weighted by Gasteiger charge is -2.27. The molecule has 0 aromatic heterocycles. The zero-order valence-corrected chi connectivity index (χ0v) is 11.4.